The molecule has 0 spiro atoms. The molecule has 5 nitrogen and oxygen atoms in total. The summed E-state index contributed by atoms with van der Waals surface area (Å²) in [6.07, 6.45) is -0.623. The van der Waals surface area contributed by atoms with Gasteiger partial charge >= 0.3 is 0 Å². The largest absolute Gasteiger partial charge is 0.392 e. The average molecular weight is 263 g/mol. The second-order valence-corrected chi connectivity index (χ2v) is 4.01. The summed E-state index contributed by atoms with van der Waals surface area (Å²) in [5.74, 6) is -0.188. The van der Waals surface area contributed by atoms with Gasteiger partial charge < -0.3 is 14.9 Å². The highest BCUT2D eigenvalue weighted by molar-refractivity contribution is 5.97. The van der Waals surface area contributed by atoms with Gasteiger partial charge in [-0.25, -0.2) is 0 Å². The van der Waals surface area contributed by atoms with Crippen molar-refractivity contribution in [1.82, 2.24) is 0 Å². The lowest BCUT2D eigenvalue weighted by molar-refractivity contribution is -0.0979. The van der Waals surface area contributed by atoms with E-state index >= 15 is 0 Å². The zero-order valence-corrected chi connectivity index (χ0v) is 10.8. The van der Waals surface area contributed by atoms with E-state index in [1.54, 1.807) is 6.92 Å². The quantitative estimate of drug-likeness (QED) is 0.572. The Morgan fingerprint density at radius 1 is 1.53 bits per heavy atom. The molecule has 102 valence electrons. The van der Waals surface area contributed by atoms with Crippen LogP contribution in [0.15, 0.2) is 18.2 Å². The van der Waals surface area contributed by atoms with Crippen molar-refractivity contribution < 1.29 is 19.7 Å². The molecule has 1 rings (SSSR count). The summed E-state index contributed by atoms with van der Waals surface area (Å²) < 4.78 is 4.93. The molecule has 0 saturated carbocycles. The summed E-state index contributed by atoms with van der Waals surface area (Å²) in [5.41, 5.74) is 1.20. The van der Waals surface area contributed by atoms with Crippen molar-refractivity contribution in [2.45, 2.75) is 32.7 Å². The third-order valence-electron chi connectivity index (χ3n) is 2.68. The molecule has 1 aromatic rings. The fraction of sp³-hybridized carbons (Fsp3) is 0.429. The van der Waals surface area contributed by atoms with E-state index in [4.69, 9.17) is 10.00 Å². The first kappa shape index (κ1) is 15.3. The van der Waals surface area contributed by atoms with Crippen molar-refractivity contribution in [3.63, 3.8) is 0 Å². The summed E-state index contributed by atoms with van der Waals surface area (Å²) in [6, 6.07) is 6.51. The number of nitrogens with zero attached hydrogens (tertiary/aromatic N) is 1. The number of aliphatic hydroxyl groups excluding tert-OH is 2. The second-order valence-electron chi connectivity index (χ2n) is 4.01. The maximum absolute atomic E-state index is 12.0. The number of hydrogen-bond donors (Lipinski definition) is 2. The molecule has 0 heterocycles. The lowest BCUT2D eigenvalue weighted by Gasteiger charge is -2.11. The third kappa shape index (κ3) is 4.45. The molecule has 0 aliphatic rings. The van der Waals surface area contributed by atoms with Crippen molar-refractivity contribution in [3.8, 4) is 6.07 Å². The highest BCUT2D eigenvalue weighted by Crippen LogP contribution is 2.15. The van der Waals surface area contributed by atoms with Crippen LogP contribution >= 0.6 is 0 Å². The van der Waals surface area contributed by atoms with Gasteiger partial charge in [-0.1, -0.05) is 0 Å². The van der Waals surface area contributed by atoms with Crippen LogP contribution in [0.4, 0.5) is 0 Å². The SMILES string of the molecule is CCOC(O)CCC(=O)c1ccc(C#N)cc1CO. The van der Waals surface area contributed by atoms with Crippen molar-refractivity contribution in [3.05, 3.63) is 34.9 Å². The standard InChI is InChI=1S/C14H17NO4/c1-2-19-14(18)6-5-13(17)12-4-3-10(8-15)7-11(12)9-16/h3-4,7,14,16,18H,2,5-6,9H2,1H3. The predicted octanol–water partition coefficient (Wildman–Crippen LogP) is 1.37. The van der Waals surface area contributed by atoms with Crippen LogP contribution in [0.1, 0.15) is 41.3 Å². The van der Waals surface area contributed by atoms with E-state index in [9.17, 15) is 15.0 Å². The van der Waals surface area contributed by atoms with Gasteiger partial charge in [0, 0.05) is 25.0 Å². The Balaban J connectivity index is 2.74. The number of rotatable bonds is 7. The fourth-order valence-corrected chi connectivity index (χ4v) is 1.73. The van der Waals surface area contributed by atoms with Crippen LogP contribution in [-0.4, -0.2) is 28.9 Å². The molecule has 0 aliphatic heterocycles. The monoisotopic (exact) mass is 263 g/mol. The molecule has 0 bridgehead atoms. The minimum atomic E-state index is -0.954. The molecule has 0 aliphatic carbocycles. The maximum atomic E-state index is 12.0. The molecule has 1 atom stereocenters. The topological polar surface area (TPSA) is 90.5 Å². The van der Waals surface area contributed by atoms with E-state index in [2.05, 4.69) is 0 Å². The highest BCUT2D eigenvalue weighted by atomic mass is 16.6. The minimum Gasteiger partial charge on any atom is -0.392 e. The van der Waals surface area contributed by atoms with E-state index in [-0.39, 0.29) is 25.2 Å². The maximum Gasteiger partial charge on any atom is 0.163 e. The first-order valence-electron chi connectivity index (χ1n) is 6.09. The van der Waals surface area contributed by atoms with Gasteiger partial charge in [-0.2, -0.15) is 5.26 Å². The molecule has 19 heavy (non-hydrogen) atoms. The van der Waals surface area contributed by atoms with Crippen LogP contribution in [0.5, 0.6) is 0 Å². The lowest BCUT2D eigenvalue weighted by Crippen LogP contribution is -2.14. The van der Waals surface area contributed by atoms with Crippen LogP contribution in [0.3, 0.4) is 0 Å². The van der Waals surface area contributed by atoms with Gasteiger partial charge in [-0.05, 0) is 30.7 Å². The van der Waals surface area contributed by atoms with E-state index in [1.165, 1.54) is 18.2 Å². The van der Waals surface area contributed by atoms with Crippen molar-refractivity contribution >= 4 is 5.78 Å². The first-order valence-corrected chi connectivity index (χ1v) is 6.09. The van der Waals surface area contributed by atoms with Crippen molar-refractivity contribution in [2.75, 3.05) is 6.61 Å². The summed E-state index contributed by atoms with van der Waals surface area (Å²) in [4.78, 5) is 12.0. The smallest absolute Gasteiger partial charge is 0.163 e. The molecule has 0 fully saturated rings. The molecule has 5 heteroatoms. The van der Waals surface area contributed by atoms with E-state index < -0.39 is 6.29 Å². The Morgan fingerprint density at radius 3 is 2.84 bits per heavy atom. The number of carbonyl (C=O) groups is 1. The van der Waals surface area contributed by atoms with Crippen LogP contribution in [0.2, 0.25) is 0 Å². The van der Waals surface area contributed by atoms with Gasteiger partial charge in [0.1, 0.15) is 0 Å². The second kappa shape index (κ2) is 7.64. The third-order valence-corrected chi connectivity index (χ3v) is 2.68. The van der Waals surface area contributed by atoms with Crippen LogP contribution in [0.25, 0.3) is 0 Å². The zero-order valence-electron chi connectivity index (χ0n) is 10.8. The highest BCUT2D eigenvalue weighted by Gasteiger charge is 2.14. The zero-order chi connectivity index (χ0) is 14.3. The first-order chi connectivity index (χ1) is 9.12. The van der Waals surface area contributed by atoms with E-state index in [0.29, 0.717) is 23.3 Å². The molecule has 0 amide bonds. The summed E-state index contributed by atoms with van der Waals surface area (Å²) >= 11 is 0. The Bertz CT molecular complexity index is 479. The van der Waals surface area contributed by atoms with Gasteiger partial charge in [0.15, 0.2) is 12.1 Å². The number of aliphatic hydroxyl groups is 2. The molecule has 2 N–H and O–H groups in total. The summed E-state index contributed by atoms with van der Waals surface area (Å²) in [7, 11) is 0. The van der Waals surface area contributed by atoms with Crippen molar-refractivity contribution in [2.24, 2.45) is 0 Å². The number of Topliss-reactive ketones (excluding diaryl/α,β-unsaturated/α-hetero) is 1. The summed E-state index contributed by atoms with van der Waals surface area (Å²) in [5, 5.41) is 27.4. The Kier molecular flexibility index (Phi) is 6.16. The number of benzene rings is 1. The number of nitriles is 1. The van der Waals surface area contributed by atoms with Gasteiger partial charge in [-0.15, -0.1) is 0 Å². The van der Waals surface area contributed by atoms with Gasteiger partial charge in [0.25, 0.3) is 0 Å². The number of hydrogen-bond acceptors (Lipinski definition) is 5. The minimum absolute atomic E-state index is 0.125. The predicted molar refractivity (Wildman–Crippen MR) is 68.3 cm³/mol. The molecule has 0 saturated heterocycles. The molecule has 1 aromatic carbocycles. The average Bonchev–Trinajstić information content (AvgIpc) is 2.44. The molecule has 0 radical (unpaired) electrons. The van der Waals surface area contributed by atoms with E-state index in [0.717, 1.165) is 0 Å². The number of ether oxygens (including phenoxy) is 1. The van der Waals surface area contributed by atoms with E-state index in [1.807, 2.05) is 6.07 Å². The molecular formula is C14H17NO4. The van der Waals surface area contributed by atoms with Gasteiger partial charge in [0.2, 0.25) is 0 Å². The van der Waals surface area contributed by atoms with Gasteiger partial charge in [-0.3, -0.25) is 4.79 Å². The molecule has 0 aromatic heterocycles. The van der Waals surface area contributed by atoms with Crippen LogP contribution < -0.4 is 0 Å². The Hall–Kier alpha value is -1.74. The van der Waals surface area contributed by atoms with Crippen molar-refractivity contribution in [1.29, 1.82) is 5.26 Å². The summed E-state index contributed by atoms with van der Waals surface area (Å²) in [6.45, 7) is 1.84. The number of carbonyl (C=O) groups excluding carboxylic acids is 1. The van der Waals surface area contributed by atoms with Gasteiger partial charge in [0.05, 0.1) is 18.2 Å². The normalized spacial score (nSPS) is 11.9. The molecule has 1 unspecified atom stereocenters. The van der Waals surface area contributed by atoms with Crippen LogP contribution in [-0.2, 0) is 11.3 Å². The lowest BCUT2D eigenvalue weighted by atomic mass is 9.99. The van der Waals surface area contributed by atoms with Crippen LogP contribution in [0, 0.1) is 11.3 Å². The number of ketones is 1. The Labute approximate surface area is 112 Å². The Morgan fingerprint density at radius 2 is 2.26 bits per heavy atom. The fourth-order valence-electron chi connectivity index (χ4n) is 1.73. The molecular weight excluding hydrogens is 246 g/mol.